The average Bonchev–Trinajstić information content (AvgIpc) is 2.47. The molecular weight excluding hydrogens is 287 g/mol. The number of hydrogen-bond donors (Lipinski definition) is 1. The van der Waals surface area contributed by atoms with Gasteiger partial charge in [-0.3, -0.25) is 4.98 Å². The summed E-state index contributed by atoms with van der Waals surface area (Å²) in [5.74, 6) is -0.377. The summed E-state index contributed by atoms with van der Waals surface area (Å²) in [5.41, 5.74) is 3.20. The Bertz CT molecular complexity index is 601. The standard InChI is InChI=1S/C17H20ClFN2/c1-3-7-21-17(14-6-8-20-12(2)9-14)11-13-4-5-16(19)15(18)10-13/h4-6,8-10,17,21H,3,7,11H2,1-2H3. The van der Waals surface area contributed by atoms with Gasteiger partial charge in [0.1, 0.15) is 5.82 Å². The quantitative estimate of drug-likeness (QED) is 0.852. The third-order valence-corrected chi connectivity index (χ3v) is 3.68. The highest BCUT2D eigenvalue weighted by molar-refractivity contribution is 6.30. The number of aryl methyl sites for hydroxylation is 1. The molecule has 1 aromatic carbocycles. The van der Waals surface area contributed by atoms with Crippen molar-refractivity contribution in [1.29, 1.82) is 0 Å². The largest absolute Gasteiger partial charge is 0.310 e. The van der Waals surface area contributed by atoms with Gasteiger partial charge in [0.15, 0.2) is 0 Å². The smallest absolute Gasteiger partial charge is 0.141 e. The van der Waals surface area contributed by atoms with Crippen LogP contribution in [-0.2, 0) is 6.42 Å². The van der Waals surface area contributed by atoms with Crippen LogP contribution in [0.2, 0.25) is 5.02 Å². The van der Waals surface area contributed by atoms with Crippen molar-refractivity contribution in [1.82, 2.24) is 10.3 Å². The summed E-state index contributed by atoms with van der Waals surface area (Å²) in [4.78, 5) is 4.24. The highest BCUT2D eigenvalue weighted by atomic mass is 35.5. The fourth-order valence-electron chi connectivity index (χ4n) is 2.31. The normalized spacial score (nSPS) is 12.4. The molecule has 1 heterocycles. The Kier molecular flexibility index (Phi) is 5.71. The lowest BCUT2D eigenvalue weighted by molar-refractivity contribution is 0.528. The van der Waals surface area contributed by atoms with E-state index in [-0.39, 0.29) is 16.9 Å². The van der Waals surface area contributed by atoms with Gasteiger partial charge in [0.25, 0.3) is 0 Å². The third kappa shape index (κ3) is 4.51. The molecule has 2 aromatic rings. The third-order valence-electron chi connectivity index (χ3n) is 3.39. The molecule has 1 unspecified atom stereocenters. The van der Waals surface area contributed by atoms with Gasteiger partial charge in [-0.25, -0.2) is 4.39 Å². The Balaban J connectivity index is 2.21. The first kappa shape index (κ1) is 15.9. The predicted octanol–water partition coefficient (Wildman–Crippen LogP) is 4.47. The van der Waals surface area contributed by atoms with Crippen LogP contribution in [0.5, 0.6) is 0 Å². The highest BCUT2D eigenvalue weighted by Gasteiger charge is 2.13. The van der Waals surface area contributed by atoms with Crippen LogP contribution in [0.3, 0.4) is 0 Å². The van der Waals surface area contributed by atoms with Crippen LogP contribution in [-0.4, -0.2) is 11.5 Å². The average molecular weight is 307 g/mol. The molecule has 0 radical (unpaired) electrons. The van der Waals surface area contributed by atoms with Crippen molar-refractivity contribution < 1.29 is 4.39 Å². The molecule has 2 nitrogen and oxygen atoms in total. The maximum absolute atomic E-state index is 13.3. The number of halogens is 2. The summed E-state index contributed by atoms with van der Waals surface area (Å²) in [6.07, 6.45) is 3.65. The zero-order valence-corrected chi connectivity index (χ0v) is 13.1. The SMILES string of the molecule is CCCNC(Cc1ccc(F)c(Cl)c1)c1ccnc(C)c1. The molecule has 2 rings (SSSR count). The Morgan fingerprint density at radius 3 is 2.76 bits per heavy atom. The molecule has 0 amide bonds. The van der Waals surface area contributed by atoms with Crippen LogP contribution in [0, 0.1) is 12.7 Å². The summed E-state index contributed by atoms with van der Waals surface area (Å²) in [6, 6.07) is 9.19. The maximum Gasteiger partial charge on any atom is 0.141 e. The van der Waals surface area contributed by atoms with Crippen molar-refractivity contribution >= 4 is 11.6 Å². The van der Waals surface area contributed by atoms with Crippen molar-refractivity contribution in [2.75, 3.05) is 6.54 Å². The molecular formula is C17H20ClFN2. The molecule has 0 aliphatic rings. The molecule has 0 saturated heterocycles. The minimum Gasteiger partial charge on any atom is -0.310 e. The van der Waals surface area contributed by atoms with E-state index < -0.39 is 0 Å². The highest BCUT2D eigenvalue weighted by Crippen LogP contribution is 2.22. The minimum atomic E-state index is -0.377. The second-order valence-corrected chi connectivity index (χ2v) is 5.60. The number of aromatic nitrogens is 1. The van der Waals surface area contributed by atoms with Gasteiger partial charge in [-0.15, -0.1) is 0 Å². The number of pyridine rings is 1. The predicted molar refractivity (Wildman–Crippen MR) is 85.1 cm³/mol. The Hall–Kier alpha value is -1.45. The zero-order valence-electron chi connectivity index (χ0n) is 12.4. The fraction of sp³-hybridized carbons (Fsp3) is 0.353. The summed E-state index contributed by atoms with van der Waals surface area (Å²) in [6.45, 7) is 5.05. The molecule has 21 heavy (non-hydrogen) atoms. The van der Waals surface area contributed by atoms with Crippen LogP contribution in [0.15, 0.2) is 36.5 Å². The molecule has 0 aliphatic carbocycles. The number of nitrogens with one attached hydrogen (secondary N) is 1. The summed E-state index contributed by atoms with van der Waals surface area (Å²) in [5, 5.41) is 3.70. The van der Waals surface area contributed by atoms with Gasteiger partial charge in [-0.1, -0.05) is 24.6 Å². The van der Waals surface area contributed by atoms with E-state index in [9.17, 15) is 4.39 Å². The second-order valence-electron chi connectivity index (χ2n) is 5.19. The fourth-order valence-corrected chi connectivity index (χ4v) is 2.52. The molecule has 1 aromatic heterocycles. The molecule has 0 fully saturated rings. The van der Waals surface area contributed by atoms with Gasteiger partial charge in [0.2, 0.25) is 0 Å². The van der Waals surface area contributed by atoms with Crippen LogP contribution in [0.25, 0.3) is 0 Å². The number of hydrogen-bond acceptors (Lipinski definition) is 2. The monoisotopic (exact) mass is 306 g/mol. The maximum atomic E-state index is 13.3. The Morgan fingerprint density at radius 1 is 1.29 bits per heavy atom. The van der Waals surface area contributed by atoms with Gasteiger partial charge in [0.05, 0.1) is 5.02 Å². The molecule has 4 heteroatoms. The minimum absolute atomic E-state index is 0.174. The van der Waals surface area contributed by atoms with Crippen molar-refractivity contribution in [3.8, 4) is 0 Å². The van der Waals surface area contributed by atoms with Crippen LogP contribution in [0.1, 0.15) is 36.2 Å². The van der Waals surface area contributed by atoms with Gasteiger partial charge in [-0.05, 0) is 61.7 Å². The summed E-state index contributed by atoms with van der Waals surface area (Å²) >= 11 is 5.87. The Labute approximate surface area is 130 Å². The molecule has 0 bridgehead atoms. The van der Waals surface area contributed by atoms with Gasteiger partial charge >= 0.3 is 0 Å². The number of rotatable bonds is 6. The van der Waals surface area contributed by atoms with E-state index in [1.807, 2.05) is 19.2 Å². The number of benzene rings is 1. The van der Waals surface area contributed by atoms with E-state index in [2.05, 4.69) is 23.3 Å². The first-order valence-corrected chi connectivity index (χ1v) is 7.57. The zero-order chi connectivity index (χ0) is 15.2. The molecule has 0 spiro atoms. The van der Waals surface area contributed by atoms with Crippen molar-refractivity contribution in [2.45, 2.75) is 32.7 Å². The van der Waals surface area contributed by atoms with E-state index in [4.69, 9.17) is 11.6 Å². The first-order chi connectivity index (χ1) is 10.1. The van der Waals surface area contributed by atoms with Crippen molar-refractivity contribution in [3.05, 3.63) is 64.2 Å². The lowest BCUT2D eigenvalue weighted by atomic mass is 9.99. The van der Waals surface area contributed by atoms with E-state index in [0.29, 0.717) is 0 Å². The van der Waals surface area contributed by atoms with E-state index in [0.717, 1.165) is 30.6 Å². The molecule has 0 saturated carbocycles. The van der Waals surface area contributed by atoms with Crippen molar-refractivity contribution in [2.24, 2.45) is 0 Å². The van der Waals surface area contributed by atoms with Crippen LogP contribution >= 0.6 is 11.6 Å². The van der Waals surface area contributed by atoms with Crippen LogP contribution in [0.4, 0.5) is 4.39 Å². The molecule has 112 valence electrons. The lowest BCUT2D eigenvalue weighted by Gasteiger charge is -2.19. The summed E-state index contributed by atoms with van der Waals surface area (Å²) < 4.78 is 13.3. The number of nitrogens with zero attached hydrogens (tertiary/aromatic N) is 1. The van der Waals surface area contributed by atoms with E-state index >= 15 is 0 Å². The van der Waals surface area contributed by atoms with E-state index in [1.165, 1.54) is 11.6 Å². The van der Waals surface area contributed by atoms with E-state index in [1.54, 1.807) is 12.1 Å². The van der Waals surface area contributed by atoms with Gasteiger partial charge < -0.3 is 5.32 Å². The Morgan fingerprint density at radius 2 is 2.10 bits per heavy atom. The molecule has 1 N–H and O–H groups in total. The van der Waals surface area contributed by atoms with Gasteiger partial charge in [-0.2, -0.15) is 0 Å². The summed E-state index contributed by atoms with van der Waals surface area (Å²) in [7, 11) is 0. The first-order valence-electron chi connectivity index (χ1n) is 7.20. The molecule has 0 aliphatic heterocycles. The molecule has 1 atom stereocenters. The van der Waals surface area contributed by atoms with Crippen LogP contribution < -0.4 is 5.32 Å². The second kappa shape index (κ2) is 7.53. The topological polar surface area (TPSA) is 24.9 Å². The van der Waals surface area contributed by atoms with Crippen molar-refractivity contribution in [3.63, 3.8) is 0 Å². The lowest BCUT2D eigenvalue weighted by Crippen LogP contribution is -2.24. The van der Waals surface area contributed by atoms with Gasteiger partial charge in [0, 0.05) is 17.9 Å².